The highest BCUT2D eigenvalue weighted by Crippen LogP contribution is 2.22. The molecule has 53 nitrogen and oxygen atoms in total. The van der Waals surface area contributed by atoms with Gasteiger partial charge in [0.1, 0.15) is 102 Å². The number of aliphatic hydroxyl groups is 4. The molecule has 4 rings (SSSR count). The molecule has 0 saturated heterocycles. The number of aromatic amines is 1. The van der Waals surface area contributed by atoms with Gasteiger partial charge in [-0.3, -0.25) is 101 Å². The Hall–Kier alpha value is -15.1. The average Bonchev–Trinajstić information content (AvgIpc) is 1.68. The van der Waals surface area contributed by atoms with Crippen molar-refractivity contribution in [1.82, 2.24) is 106 Å². The lowest BCUT2D eigenvalue weighted by molar-refractivity contribution is -0.143. The maximum Gasteiger partial charge on any atom is 0.326 e. The van der Waals surface area contributed by atoms with E-state index in [1.807, 2.05) is 0 Å². The van der Waals surface area contributed by atoms with Crippen LogP contribution in [0.15, 0.2) is 79.0 Å². The molecule has 1 heterocycles. The minimum Gasteiger partial charge on any atom is -0.508 e. The van der Waals surface area contributed by atoms with E-state index in [9.17, 15) is 146 Å². The highest BCUT2D eigenvalue weighted by atomic mass is 16.4. The molecule has 3 aromatic carbocycles. The van der Waals surface area contributed by atoms with E-state index in [0.717, 1.165) is 20.8 Å². The Morgan fingerprint density at radius 3 is 1.25 bits per heavy atom. The number of hydrogen-bond donors (Lipinski definition) is 31. The van der Waals surface area contributed by atoms with Crippen LogP contribution in [0.25, 0.3) is 10.9 Å². The van der Waals surface area contributed by atoms with Gasteiger partial charge in [-0.25, -0.2) is 4.79 Å². The van der Waals surface area contributed by atoms with Crippen molar-refractivity contribution >= 4 is 141 Å². The Morgan fingerprint density at radius 1 is 0.366 bits per heavy atom. The van der Waals surface area contributed by atoms with Crippen molar-refractivity contribution in [2.75, 3.05) is 52.5 Å². The zero-order valence-corrected chi connectivity index (χ0v) is 82.0. The zero-order valence-electron chi connectivity index (χ0n) is 82.0. The number of para-hydroxylation sites is 1. The van der Waals surface area contributed by atoms with E-state index < -0.39 is 316 Å². The first-order valence-corrected chi connectivity index (χ1v) is 46.8. The molecule has 4 aromatic rings. The van der Waals surface area contributed by atoms with Crippen LogP contribution in [0.5, 0.6) is 11.5 Å². The third-order valence-corrected chi connectivity index (χ3v) is 22.8. The van der Waals surface area contributed by atoms with Crippen molar-refractivity contribution in [2.45, 2.75) is 249 Å². The van der Waals surface area contributed by atoms with E-state index in [1.54, 1.807) is 65.1 Å². The molecule has 0 aliphatic carbocycles. The fraction of sp³-hybridized carbons (Fsp3) is 0.543. The van der Waals surface area contributed by atoms with Crippen molar-refractivity contribution in [3.8, 4) is 11.5 Å². The summed E-state index contributed by atoms with van der Waals surface area (Å²) in [6.45, 7) is 8.35. The number of nitrogens with one attached hydrogen (secondary N) is 20. The molecular weight excluding hydrogens is 1910 g/mol. The van der Waals surface area contributed by atoms with E-state index in [0.29, 0.717) is 41.4 Å². The molecule has 20 amide bonds. The number of unbranched alkanes of at least 4 members (excludes halogenated alkanes) is 1. The molecule has 800 valence electrons. The van der Waals surface area contributed by atoms with Crippen LogP contribution in [-0.2, 0) is 125 Å². The lowest BCUT2D eigenvalue weighted by Gasteiger charge is -2.28. The van der Waals surface area contributed by atoms with Crippen LogP contribution in [0.3, 0.4) is 0 Å². The normalized spacial score (nSPS) is 15.0. The van der Waals surface area contributed by atoms with Crippen molar-refractivity contribution in [2.24, 2.45) is 35.0 Å². The SMILES string of the molecule is CC[C@H](C)[C@H](NC(=O)[C@H](C)NC(=O)CNC(=O)[C@@H](NC(=O)[C@H](Cc1c[nH]c2ccccc12)NC(=O)[C@H](CCC(=O)O)NC(=O)[C@H](CC(C)C)NC(=O)CNC(=O)[C@H](CCCCN)NC(=O)CN)[C@@H](C)CC)C(=O)N[C@@H](CO)C(=O)N[C@H](C(=O)NCC(=O)NCC(=O)N[C@@H](CO)C(=O)N[C@H](C(=O)N[C@@H](Cc1ccc(O)cc1)C(=O)N[C@@H](Cc1ccc(O)cc1)C(=O)N[C@@H](C)C(=O)N[C@@H](CC(N)=O)C(=O)O)[C@@H](C)O)[C@@H](C)O. The number of aliphatic hydroxyl groups excluding tert-OH is 4. The van der Waals surface area contributed by atoms with Crippen molar-refractivity contribution in [1.29, 1.82) is 0 Å². The number of fused-ring (bicyclic) bond motifs is 1. The molecule has 34 N–H and O–H groups in total. The fourth-order valence-electron chi connectivity index (χ4n) is 14.1. The van der Waals surface area contributed by atoms with Crippen molar-refractivity contribution < 1.29 is 146 Å². The third kappa shape index (κ3) is 42.5. The average molecular weight is 2050 g/mol. The summed E-state index contributed by atoms with van der Waals surface area (Å²) in [5, 5.41) is 127. The Labute approximate surface area is 833 Å². The molecule has 1 aromatic heterocycles. The van der Waals surface area contributed by atoms with E-state index >= 15 is 0 Å². The highest BCUT2D eigenvalue weighted by Gasteiger charge is 2.41. The third-order valence-electron chi connectivity index (χ3n) is 22.8. The monoisotopic (exact) mass is 2040 g/mol. The standard InChI is InChI=1S/C92H137N23O30/c1-11-45(5)74(113-85(137)63(34-53-37-96-57-18-14-13-17-56(53)57)108-81(133)59(28-29-73(128)129)106-83(135)60(31-44(3)4)104-72(127)41-98-80(132)58(19-15-16-30-93)103-68(123)36-94)88(140)100-40-70(125)101-47(7)79(131)112-75(46(6)12-2)90(142)111-66(43-117)87(139)114-76(49(9)118)89(141)99-38-69(124)97-39-71(126)105-65(42-116)86(138)115-77(50(10)119)91(143)109-62(33-52-22-26-55(121)27-23-52)84(136)107-61(32-51-20-24-54(120)25-21-51)82(134)102-48(8)78(130)110-64(92(144)145)35-67(95)122/h13-14,17-18,20-27,37,44-50,58-66,74-77,96,116-121H,11-12,15-16,19,28-36,38-43,93-94H2,1-10H3,(H2,95,122)(H,97,124)(H,98,132)(H,99,141)(H,100,140)(H,101,125)(H,102,134)(H,103,123)(H,104,127)(H,105,126)(H,106,135)(H,107,136)(H,108,133)(H,109,143)(H,110,130)(H,111,142)(H,112,131)(H,113,137)(H,114,139)(H,115,138)(H,128,129)(H,144,145)/t45-,46-,47-,48-,49+,50+,58-,59-,60-,61-,62-,63-,64-,65-,66-,74-,75-,76-,77-/m0/s1. The number of carbonyl (C=O) groups excluding carboxylic acids is 20. The number of aromatic nitrogens is 1. The van der Waals surface area contributed by atoms with E-state index in [2.05, 4.69) is 106 Å². The topological polar surface area (TPSA) is 860 Å². The van der Waals surface area contributed by atoms with Crippen LogP contribution < -0.4 is 118 Å². The second-order valence-corrected chi connectivity index (χ2v) is 35.1. The van der Waals surface area contributed by atoms with Gasteiger partial charge in [0.15, 0.2) is 0 Å². The number of hydrogen-bond acceptors (Lipinski definition) is 30. The fourth-order valence-corrected chi connectivity index (χ4v) is 14.1. The number of H-pyrrole nitrogens is 1. The maximum absolute atomic E-state index is 14.8. The van der Waals surface area contributed by atoms with Gasteiger partial charge < -0.3 is 164 Å². The Bertz CT molecular complexity index is 5140. The van der Waals surface area contributed by atoms with Gasteiger partial charge in [0.25, 0.3) is 0 Å². The Morgan fingerprint density at radius 2 is 0.745 bits per heavy atom. The summed E-state index contributed by atoms with van der Waals surface area (Å²) in [5.74, 6) is -26.1. The predicted molar refractivity (Wildman–Crippen MR) is 514 cm³/mol. The second-order valence-electron chi connectivity index (χ2n) is 35.1. The first-order valence-electron chi connectivity index (χ1n) is 46.8. The van der Waals surface area contributed by atoms with Gasteiger partial charge in [-0.05, 0) is 131 Å². The van der Waals surface area contributed by atoms with Crippen LogP contribution in [0.1, 0.15) is 144 Å². The Balaban J connectivity index is 1.39. The number of benzene rings is 3. The van der Waals surface area contributed by atoms with E-state index in [4.69, 9.17) is 17.2 Å². The lowest BCUT2D eigenvalue weighted by Crippen LogP contribution is -2.62. The number of carbonyl (C=O) groups is 22. The molecule has 0 radical (unpaired) electrons. The number of carboxylic acids is 2. The molecule has 53 heteroatoms. The summed E-state index contributed by atoms with van der Waals surface area (Å²) in [6, 6.07) is -7.34. The number of phenolic OH excluding ortho intramolecular Hbond substituents is 2. The molecule has 19 atom stereocenters. The summed E-state index contributed by atoms with van der Waals surface area (Å²) in [6.07, 6.45) is -3.63. The van der Waals surface area contributed by atoms with Gasteiger partial charge in [0, 0.05) is 42.8 Å². The van der Waals surface area contributed by atoms with Crippen LogP contribution in [0, 0.1) is 17.8 Å². The summed E-state index contributed by atoms with van der Waals surface area (Å²) in [7, 11) is 0. The second kappa shape index (κ2) is 61.7. The number of carboxylic acid groups (broad SMARTS) is 2. The molecule has 0 spiro atoms. The van der Waals surface area contributed by atoms with Gasteiger partial charge in [-0.15, -0.1) is 0 Å². The number of nitrogens with two attached hydrogens (primary N) is 3. The number of aliphatic carboxylic acids is 2. The number of primary amides is 1. The van der Waals surface area contributed by atoms with Gasteiger partial charge >= 0.3 is 11.9 Å². The van der Waals surface area contributed by atoms with Crippen LogP contribution >= 0.6 is 0 Å². The number of rotatable bonds is 64. The molecule has 0 unspecified atom stereocenters. The first kappa shape index (κ1) is 122. The van der Waals surface area contributed by atoms with Gasteiger partial charge in [0.05, 0.1) is 64.6 Å². The largest absolute Gasteiger partial charge is 0.508 e. The highest BCUT2D eigenvalue weighted by molar-refractivity contribution is 6.02. The van der Waals surface area contributed by atoms with Gasteiger partial charge in [0.2, 0.25) is 118 Å². The smallest absolute Gasteiger partial charge is 0.326 e. The summed E-state index contributed by atoms with van der Waals surface area (Å²) >= 11 is 0. The summed E-state index contributed by atoms with van der Waals surface area (Å²) < 4.78 is 0. The molecule has 0 fully saturated rings. The van der Waals surface area contributed by atoms with Crippen molar-refractivity contribution in [3.63, 3.8) is 0 Å². The number of aromatic hydroxyl groups is 2. The molecule has 0 saturated carbocycles. The minimum absolute atomic E-state index is 0.0337. The quantitative estimate of drug-likeness (QED) is 0.0183. The van der Waals surface area contributed by atoms with Crippen molar-refractivity contribution in [3.05, 3.63) is 95.7 Å². The summed E-state index contributed by atoms with van der Waals surface area (Å²) in [4.78, 5) is 299. The van der Waals surface area contributed by atoms with Crippen LogP contribution in [0.4, 0.5) is 0 Å². The Kier molecular flexibility index (Phi) is 52.0. The van der Waals surface area contributed by atoms with E-state index in [-0.39, 0.29) is 61.5 Å². The van der Waals surface area contributed by atoms with Crippen LogP contribution in [-0.4, -0.2) is 331 Å². The molecule has 0 aliphatic heterocycles. The summed E-state index contributed by atoms with van der Waals surface area (Å²) in [5.41, 5.74) is 17.9. The van der Waals surface area contributed by atoms with Gasteiger partial charge in [-0.2, -0.15) is 0 Å². The maximum atomic E-state index is 14.8. The minimum atomic E-state index is -2.01. The number of phenols is 2. The molecule has 0 aliphatic rings. The van der Waals surface area contributed by atoms with Crippen LogP contribution in [0.2, 0.25) is 0 Å². The van der Waals surface area contributed by atoms with Gasteiger partial charge in [-0.1, -0.05) is 96.8 Å². The first-order chi connectivity index (χ1) is 68.4. The number of amides is 20. The molecule has 0 bridgehead atoms. The molecular formula is C92H137N23O30. The van der Waals surface area contributed by atoms with E-state index in [1.165, 1.54) is 62.4 Å². The zero-order chi connectivity index (χ0) is 109. The predicted octanol–water partition coefficient (Wildman–Crippen LogP) is -9.82. The molecule has 145 heavy (non-hydrogen) atoms. The lowest BCUT2D eigenvalue weighted by atomic mass is 9.97.